The fraction of sp³-hybridized carbons (Fsp3) is 0.167. The van der Waals surface area contributed by atoms with Crippen molar-refractivity contribution >= 4 is 23.5 Å². The fourth-order valence-corrected chi connectivity index (χ4v) is 1.58. The number of carbonyl (C=O) groups is 2. The van der Waals surface area contributed by atoms with Crippen molar-refractivity contribution < 1.29 is 9.59 Å². The minimum absolute atomic E-state index is 0.454. The van der Waals surface area contributed by atoms with E-state index in [0.29, 0.717) is 11.3 Å². The van der Waals surface area contributed by atoms with Gasteiger partial charge in [0.05, 0.1) is 11.3 Å². The van der Waals surface area contributed by atoms with Gasteiger partial charge in [0.2, 0.25) is 0 Å². The van der Waals surface area contributed by atoms with E-state index in [1.54, 1.807) is 12.1 Å². The van der Waals surface area contributed by atoms with E-state index in [1.165, 1.54) is 0 Å². The number of carbonyl (C=O) groups excluding carboxylic acids is 2. The minimum atomic E-state index is -0.550. The predicted octanol–water partition coefficient (Wildman–Crippen LogP) is 1.05. The topological polar surface area (TPSA) is 58.2 Å². The summed E-state index contributed by atoms with van der Waals surface area (Å²) in [6.45, 7) is 0.780. The molecule has 0 spiro atoms. The lowest BCUT2D eigenvalue weighted by Crippen LogP contribution is -2.12. The Labute approximate surface area is 93.3 Å². The number of likely N-dealkylation sites (N-methyl/N-ethyl adjacent to an activating group) is 1. The highest BCUT2D eigenvalue weighted by molar-refractivity contribution is 6.51. The first kappa shape index (κ1) is 10.6. The van der Waals surface area contributed by atoms with E-state index >= 15 is 0 Å². The van der Waals surface area contributed by atoms with Gasteiger partial charge in [-0.3, -0.25) is 9.59 Å². The van der Waals surface area contributed by atoms with E-state index < -0.39 is 11.7 Å². The molecule has 0 aromatic heterocycles. The van der Waals surface area contributed by atoms with Gasteiger partial charge >= 0.3 is 0 Å². The molecule has 2 N–H and O–H groups in total. The zero-order chi connectivity index (χ0) is 11.5. The molecule has 1 aromatic rings. The maximum absolute atomic E-state index is 11.3. The van der Waals surface area contributed by atoms with Gasteiger partial charge in [-0.2, -0.15) is 0 Å². The molecule has 1 aliphatic heterocycles. The largest absolute Gasteiger partial charge is 0.318 e. The quantitative estimate of drug-likeness (QED) is 0.742. The van der Waals surface area contributed by atoms with Crippen LogP contribution in [0.1, 0.15) is 15.9 Å². The molecule has 0 fully saturated rings. The van der Waals surface area contributed by atoms with Crippen molar-refractivity contribution in [2.45, 2.75) is 0 Å². The van der Waals surface area contributed by atoms with E-state index in [4.69, 9.17) is 0 Å². The molecule has 0 unspecified atom stereocenters. The van der Waals surface area contributed by atoms with E-state index in [0.717, 1.165) is 12.1 Å². The normalized spacial score (nSPS) is 14.3. The van der Waals surface area contributed by atoms with Gasteiger partial charge in [-0.15, -0.1) is 0 Å². The van der Waals surface area contributed by atoms with Crippen LogP contribution < -0.4 is 10.6 Å². The summed E-state index contributed by atoms with van der Waals surface area (Å²) >= 11 is 0. The Hall–Kier alpha value is -1.94. The molecule has 1 amide bonds. The summed E-state index contributed by atoms with van der Waals surface area (Å²) in [5.41, 5.74) is 2.02. The van der Waals surface area contributed by atoms with Gasteiger partial charge in [-0.1, -0.05) is 18.2 Å². The van der Waals surface area contributed by atoms with Gasteiger partial charge in [0.25, 0.3) is 11.7 Å². The van der Waals surface area contributed by atoms with Crippen LogP contribution in [0.25, 0.3) is 6.08 Å². The lowest BCUT2D eigenvalue weighted by atomic mass is 10.1. The first-order valence-electron chi connectivity index (χ1n) is 5.03. The Morgan fingerprint density at radius 2 is 2.19 bits per heavy atom. The molecule has 4 nitrogen and oxygen atoms in total. The van der Waals surface area contributed by atoms with E-state index in [9.17, 15) is 9.59 Å². The highest BCUT2D eigenvalue weighted by Gasteiger charge is 2.27. The van der Waals surface area contributed by atoms with Gasteiger partial charge in [-0.05, 0) is 24.7 Å². The summed E-state index contributed by atoms with van der Waals surface area (Å²) in [7, 11) is 1.87. The first-order chi connectivity index (χ1) is 7.72. The van der Waals surface area contributed by atoms with Gasteiger partial charge in [0.15, 0.2) is 0 Å². The summed E-state index contributed by atoms with van der Waals surface area (Å²) in [6.07, 6.45) is 3.91. The van der Waals surface area contributed by atoms with Crippen LogP contribution in [-0.4, -0.2) is 25.3 Å². The minimum Gasteiger partial charge on any atom is -0.318 e. The lowest BCUT2D eigenvalue weighted by Gasteiger charge is -1.98. The summed E-state index contributed by atoms with van der Waals surface area (Å²) in [4.78, 5) is 22.4. The van der Waals surface area contributed by atoms with E-state index in [1.807, 2.05) is 25.3 Å². The van der Waals surface area contributed by atoms with Crippen LogP contribution in [0.15, 0.2) is 24.3 Å². The maximum atomic E-state index is 11.3. The van der Waals surface area contributed by atoms with Crippen LogP contribution in [0.2, 0.25) is 0 Å². The number of hydrogen-bond acceptors (Lipinski definition) is 3. The average Bonchev–Trinajstić information content (AvgIpc) is 2.55. The van der Waals surface area contributed by atoms with Gasteiger partial charge < -0.3 is 10.6 Å². The number of benzene rings is 1. The number of rotatable bonds is 3. The number of amides is 1. The number of anilines is 1. The highest BCUT2D eigenvalue weighted by atomic mass is 16.2. The average molecular weight is 216 g/mol. The monoisotopic (exact) mass is 216 g/mol. The zero-order valence-electron chi connectivity index (χ0n) is 8.91. The smallest absolute Gasteiger partial charge is 0.296 e. The molecule has 1 aromatic carbocycles. The molecule has 2 rings (SSSR count). The molecule has 82 valence electrons. The Bertz CT molecular complexity index is 478. The Balaban J connectivity index is 2.25. The third-order valence-corrected chi connectivity index (χ3v) is 2.37. The molecule has 1 heterocycles. The molecular weight excluding hydrogens is 204 g/mol. The van der Waals surface area contributed by atoms with Crippen molar-refractivity contribution in [3.8, 4) is 0 Å². The van der Waals surface area contributed by atoms with Crippen molar-refractivity contribution in [3.05, 3.63) is 35.4 Å². The molecule has 0 atom stereocenters. The van der Waals surface area contributed by atoms with Crippen molar-refractivity contribution in [1.29, 1.82) is 0 Å². The third-order valence-electron chi connectivity index (χ3n) is 2.37. The molecule has 0 saturated carbocycles. The molecule has 16 heavy (non-hydrogen) atoms. The van der Waals surface area contributed by atoms with Crippen molar-refractivity contribution in [1.82, 2.24) is 5.32 Å². The molecule has 0 bridgehead atoms. The summed E-state index contributed by atoms with van der Waals surface area (Å²) in [6, 6.07) is 5.29. The van der Waals surface area contributed by atoms with E-state index in [-0.39, 0.29) is 0 Å². The van der Waals surface area contributed by atoms with Crippen molar-refractivity contribution in [3.63, 3.8) is 0 Å². The molecule has 4 heteroatoms. The molecule has 0 saturated heterocycles. The summed E-state index contributed by atoms with van der Waals surface area (Å²) in [5, 5.41) is 5.53. The fourth-order valence-electron chi connectivity index (χ4n) is 1.58. The van der Waals surface area contributed by atoms with Crippen LogP contribution >= 0.6 is 0 Å². The SMILES string of the molecule is CNCC=Cc1ccc2c(c1)NC(=O)C2=O. The summed E-state index contributed by atoms with van der Waals surface area (Å²) in [5.74, 6) is -1.01. The number of ketones is 1. The zero-order valence-corrected chi connectivity index (χ0v) is 8.91. The standard InChI is InChI=1S/C12H12N2O2/c1-13-6-2-3-8-4-5-9-10(7-8)14-12(16)11(9)15/h2-5,7,13H,6H2,1H3,(H,14,15,16). The Kier molecular flexibility index (Phi) is 2.83. The second-order valence-corrected chi connectivity index (χ2v) is 3.55. The van der Waals surface area contributed by atoms with Crippen LogP contribution in [0, 0.1) is 0 Å². The molecule has 1 aliphatic rings. The maximum Gasteiger partial charge on any atom is 0.296 e. The lowest BCUT2D eigenvalue weighted by molar-refractivity contribution is -0.112. The molecule has 0 aliphatic carbocycles. The second-order valence-electron chi connectivity index (χ2n) is 3.55. The highest BCUT2D eigenvalue weighted by Crippen LogP contribution is 2.24. The number of nitrogens with one attached hydrogen (secondary N) is 2. The first-order valence-corrected chi connectivity index (χ1v) is 5.03. The van der Waals surface area contributed by atoms with E-state index in [2.05, 4.69) is 10.6 Å². The number of Topliss-reactive ketones (excluding diaryl/α,β-unsaturated/α-hetero) is 1. The molecule has 0 radical (unpaired) electrons. The van der Waals surface area contributed by atoms with Crippen molar-refractivity contribution in [2.75, 3.05) is 18.9 Å². The van der Waals surface area contributed by atoms with Gasteiger partial charge in [-0.25, -0.2) is 0 Å². The van der Waals surface area contributed by atoms with Gasteiger partial charge in [0.1, 0.15) is 0 Å². The van der Waals surface area contributed by atoms with Crippen LogP contribution in [0.4, 0.5) is 5.69 Å². The second kappa shape index (κ2) is 4.28. The van der Waals surface area contributed by atoms with Crippen molar-refractivity contribution in [2.24, 2.45) is 0 Å². The third kappa shape index (κ3) is 1.87. The van der Waals surface area contributed by atoms with Crippen LogP contribution in [0.3, 0.4) is 0 Å². The number of hydrogen-bond donors (Lipinski definition) is 2. The van der Waals surface area contributed by atoms with Gasteiger partial charge in [0, 0.05) is 6.54 Å². The predicted molar refractivity (Wildman–Crippen MR) is 62.4 cm³/mol. The number of fused-ring (bicyclic) bond motifs is 1. The van der Waals surface area contributed by atoms with Crippen LogP contribution in [-0.2, 0) is 4.79 Å². The Morgan fingerprint density at radius 3 is 2.94 bits per heavy atom. The molecular formula is C12H12N2O2. The summed E-state index contributed by atoms with van der Waals surface area (Å²) < 4.78 is 0. The Morgan fingerprint density at radius 1 is 1.38 bits per heavy atom. The van der Waals surface area contributed by atoms with Crippen LogP contribution in [0.5, 0.6) is 0 Å².